The van der Waals surface area contributed by atoms with E-state index in [-0.39, 0.29) is 18.6 Å². The predicted molar refractivity (Wildman–Crippen MR) is 114 cm³/mol. The van der Waals surface area contributed by atoms with Crippen molar-refractivity contribution < 1.29 is 14.6 Å². The van der Waals surface area contributed by atoms with Crippen LogP contribution in [0.15, 0.2) is 65.5 Å². The maximum absolute atomic E-state index is 13.1. The lowest BCUT2D eigenvalue weighted by atomic mass is 10.1. The first-order valence-corrected chi connectivity index (χ1v) is 9.47. The van der Waals surface area contributed by atoms with Crippen molar-refractivity contribution in [1.82, 2.24) is 4.57 Å². The molecule has 0 aliphatic carbocycles. The van der Waals surface area contributed by atoms with E-state index in [1.54, 1.807) is 28.8 Å². The van der Waals surface area contributed by atoms with E-state index in [0.29, 0.717) is 32.6 Å². The molecule has 5 nitrogen and oxygen atoms in total. The number of halogens is 1. The van der Waals surface area contributed by atoms with E-state index < -0.39 is 5.97 Å². The number of aromatic nitrogens is 1. The van der Waals surface area contributed by atoms with Crippen LogP contribution in [0.2, 0.25) is 5.02 Å². The molecule has 0 atom stereocenters. The second-order valence-corrected chi connectivity index (χ2v) is 7.28. The molecule has 0 fully saturated rings. The van der Waals surface area contributed by atoms with Crippen LogP contribution in [0.3, 0.4) is 0 Å². The van der Waals surface area contributed by atoms with Gasteiger partial charge in [-0.25, -0.2) is 0 Å². The third kappa shape index (κ3) is 3.57. The van der Waals surface area contributed by atoms with Crippen LogP contribution in [0, 0.1) is 6.92 Å². The highest BCUT2D eigenvalue weighted by Crippen LogP contribution is 2.35. The highest BCUT2D eigenvalue weighted by molar-refractivity contribution is 6.33. The Morgan fingerprint density at radius 3 is 2.52 bits per heavy atom. The molecule has 0 spiro atoms. The molecule has 29 heavy (non-hydrogen) atoms. The first kappa shape index (κ1) is 19.0. The van der Waals surface area contributed by atoms with Gasteiger partial charge in [0.25, 0.3) is 0 Å². The smallest absolute Gasteiger partial charge is 0.323 e. The Balaban J connectivity index is 2.02. The summed E-state index contributed by atoms with van der Waals surface area (Å²) in [5.74, 6) is -0.721. The molecule has 0 amide bonds. The second-order valence-electron chi connectivity index (χ2n) is 6.88. The van der Waals surface area contributed by atoms with Crippen molar-refractivity contribution in [2.24, 2.45) is 0 Å². The van der Waals surface area contributed by atoms with E-state index in [2.05, 4.69) is 0 Å². The van der Waals surface area contributed by atoms with Gasteiger partial charge in [-0.1, -0.05) is 48.0 Å². The van der Waals surface area contributed by atoms with E-state index in [0.717, 1.165) is 11.1 Å². The van der Waals surface area contributed by atoms with Crippen LogP contribution in [-0.4, -0.2) is 15.6 Å². The number of aryl methyl sites for hydroxylation is 1. The monoisotopic (exact) mass is 407 g/mol. The molecule has 4 aromatic rings. The maximum atomic E-state index is 13.1. The summed E-state index contributed by atoms with van der Waals surface area (Å²) in [6.07, 6.45) is 0. The van der Waals surface area contributed by atoms with Gasteiger partial charge in [0.1, 0.15) is 13.2 Å². The SMILES string of the molecule is Cc1ccc2c(=O)c3ccc(Cl)c(OCc4ccccc4)c3n(CC(=O)O)c2c1. The normalized spacial score (nSPS) is 11.1. The zero-order chi connectivity index (χ0) is 20.5. The fourth-order valence-electron chi connectivity index (χ4n) is 3.49. The molecule has 146 valence electrons. The molecule has 0 unspecified atom stereocenters. The quantitative estimate of drug-likeness (QED) is 0.483. The zero-order valence-electron chi connectivity index (χ0n) is 15.7. The van der Waals surface area contributed by atoms with Crippen molar-refractivity contribution in [3.63, 3.8) is 0 Å². The fourth-order valence-corrected chi connectivity index (χ4v) is 3.69. The Kier molecular flexibility index (Phi) is 4.99. The summed E-state index contributed by atoms with van der Waals surface area (Å²) in [6.45, 7) is 1.82. The minimum absolute atomic E-state index is 0.183. The van der Waals surface area contributed by atoms with Gasteiger partial charge >= 0.3 is 5.97 Å². The van der Waals surface area contributed by atoms with Gasteiger partial charge in [-0.05, 0) is 42.3 Å². The Morgan fingerprint density at radius 1 is 1.07 bits per heavy atom. The third-order valence-electron chi connectivity index (χ3n) is 4.81. The number of rotatable bonds is 5. The fraction of sp³-hybridized carbons (Fsp3) is 0.130. The molecule has 4 rings (SSSR count). The molecule has 6 heteroatoms. The zero-order valence-corrected chi connectivity index (χ0v) is 16.4. The summed E-state index contributed by atoms with van der Waals surface area (Å²) in [6, 6.07) is 18.1. The van der Waals surface area contributed by atoms with Gasteiger partial charge in [0.15, 0.2) is 11.2 Å². The summed E-state index contributed by atoms with van der Waals surface area (Å²) < 4.78 is 7.60. The van der Waals surface area contributed by atoms with E-state index in [4.69, 9.17) is 16.3 Å². The summed E-state index contributed by atoms with van der Waals surface area (Å²) in [5.41, 5.74) is 2.60. The van der Waals surface area contributed by atoms with Crippen molar-refractivity contribution in [3.8, 4) is 5.75 Å². The Bertz CT molecular complexity index is 1300. The number of ether oxygens (including phenoxy) is 1. The number of fused-ring (bicyclic) bond motifs is 2. The number of benzene rings is 3. The topological polar surface area (TPSA) is 68.5 Å². The van der Waals surface area contributed by atoms with E-state index in [9.17, 15) is 14.7 Å². The van der Waals surface area contributed by atoms with Crippen molar-refractivity contribution in [3.05, 3.63) is 87.0 Å². The first-order chi connectivity index (χ1) is 14.0. The first-order valence-electron chi connectivity index (χ1n) is 9.09. The molecule has 1 N–H and O–H groups in total. The van der Waals surface area contributed by atoms with E-state index in [1.807, 2.05) is 43.3 Å². The highest BCUT2D eigenvalue weighted by atomic mass is 35.5. The molecular formula is C23H18ClNO4. The van der Waals surface area contributed by atoms with Gasteiger partial charge in [-0.3, -0.25) is 9.59 Å². The Hall–Kier alpha value is -3.31. The molecule has 0 aliphatic rings. The lowest BCUT2D eigenvalue weighted by Gasteiger charge is -2.18. The van der Waals surface area contributed by atoms with Crippen molar-refractivity contribution in [2.45, 2.75) is 20.1 Å². The average Bonchev–Trinajstić information content (AvgIpc) is 2.70. The number of hydrogen-bond donors (Lipinski definition) is 1. The van der Waals surface area contributed by atoms with Crippen LogP contribution < -0.4 is 10.2 Å². The standard InChI is InChI=1S/C23H18ClNO4/c1-14-7-8-16-19(11-14)25(12-20(26)27)21-17(22(16)28)9-10-18(24)23(21)29-13-15-5-3-2-4-6-15/h2-11H,12-13H2,1H3,(H,26,27). The van der Waals surface area contributed by atoms with Gasteiger partial charge in [0.2, 0.25) is 0 Å². The van der Waals surface area contributed by atoms with Gasteiger partial charge in [-0.15, -0.1) is 0 Å². The molecule has 0 radical (unpaired) electrons. The van der Waals surface area contributed by atoms with Gasteiger partial charge in [0.05, 0.1) is 21.4 Å². The minimum Gasteiger partial charge on any atom is -0.485 e. The maximum Gasteiger partial charge on any atom is 0.323 e. The number of nitrogens with zero attached hydrogens (tertiary/aromatic N) is 1. The molecular weight excluding hydrogens is 390 g/mol. The van der Waals surface area contributed by atoms with Crippen LogP contribution in [0.5, 0.6) is 5.75 Å². The number of pyridine rings is 1. The van der Waals surface area contributed by atoms with Crippen molar-refractivity contribution in [1.29, 1.82) is 0 Å². The van der Waals surface area contributed by atoms with Crippen molar-refractivity contribution in [2.75, 3.05) is 0 Å². The third-order valence-corrected chi connectivity index (χ3v) is 5.10. The molecule has 0 aliphatic heterocycles. The van der Waals surface area contributed by atoms with Gasteiger partial charge < -0.3 is 14.4 Å². The number of carboxylic acid groups (broad SMARTS) is 1. The van der Waals surface area contributed by atoms with Gasteiger partial charge in [0, 0.05) is 5.39 Å². The summed E-state index contributed by atoms with van der Waals surface area (Å²) in [7, 11) is 0. The number of carboxylic acids is 1. The largest absolute Gasteiger partial charge is 0.485 e. The molecule has 0 saturated heterocycles. The number of aliphatic carboxylic acids is 1. The lowest BCUT2D eigenvalue weighted by molar-refractivity contribution is -0.137. The Labute approximate surface area is 171 Å². The van der Waals surface area contributed by atoms with Gasteiger partial charge in [-0.2, -0.15) is 0 Å². The summed E-state index contributed by atoms with van der Waals surface area (Å²) in [4.78, 5) is 24.7. The predicted octanol–water partition coefficient (Wildman–Crippen LogP) is 4.78. The van der Waals surface area contributed by atoms with E-state index in [1.165, 1.54) is 0 Å². The molecule has 1 aromatic heterocycles. The van der Waals surface area contributed by atoms with Crippen molar-refractivity contribution >= 4 is 39.4 Å². The second kappa shape index (κ2) is 7.60. The Morgan fingerprint density at radius 2 is 1.79 bits per heavy atom. The number of carbonyl (C=O) groups is 1. The van der Waals surface area contributed by atoms with Crippen LogP contribution in [0.25, 0.3) is 21.8 Å². The molecule has 0 saturated carbocycles. The minimum atomic E-state index is -1.02. The lowest BCUT2D eigenvalue weighted by Crippen LogP contribution is -2.17. The van der Waals surface area contributed by atoms with Crippen LogP contribution in [0.4, 0.5) is 0 Å². The molecule has 1 heterocycles. The van der Waals surface area contributed by atoms with Crippen LogP contribution in [0.1, 0.15) is 11.1 Å². The highest BCUT2D eigenvalue weighted by Gasteiger charge is 2.19. The van der Waals surface area contributed by atoms with Crippen LogP contribution in [-0.2, 0) is 17.9 Å². The van der Waals surface area contributed by atoms with Crippen LogP contribution >= 0.6 is 11.6 Å². The number of hydrogen-bond acceptors (Lipinski definition) is 3. The summed E-state index contributed by atoms with van der Waals surface area (Å²) >= 11 is 6.42. The molecule has 3 aromatic carbocycles. The average molecular weight is 408 g/mol. The summed E-state index contributed by atoms with van der Waals surface area (Å²) in [5, 5.41) is 10.7. The molecule has 0 bridgehead atoms. The van der Waals surface area contributed by atoms with E-state index >= 15 is 0 Å².